The Morgan fingerprint density at radius 3 is 2.69 bits per heavy atom. The van der Waals surface area contributed by atoms with Crippen molar-refractivity contribution in [3.63, 3.8) is 0 Å². The number of hydrogen-bond acceptors (Lipinski definition) is 5. The van der Waals surface area contributed by atoms with Gasteiger partial charge in [0, 0.05) is 37.2 Å². The molecule has 1 aliphatic heterocycles. The molecule has 3 fully saturated rings. The van der Waals surface area contributed by atoms with Crippen LogP contribution >= 0.6 is 0 Å². The summed E-state index contributed by atoms with van der Waals surface area (Å²) in [7, 11) is 3.68. The van der Waals surface area contributed by atoms with Gasteiger partial charge in [-0.05, 0) is 68.9 Å². The highest BCUT2D eigenvalue weighted by molar-refractivity contribution is 5.92. The third-order valence-electron chi connectivity index (χ3n) is 10.5. The SMILES string of the molecule is CN=C(N)N1C=C[C@H](CNC)[C@@]2(C1)[C@@H]1CC[C@@H](C)[C@]23C[C@](O)(COC2CCCCC2)C(C(=O)O)=C3C1. The standard InChI is InChI=1S/C28H44N4O4/c1-18-9-10-19-13-22-23(24(33)34)26(35,17-36-21-7-5-4-6-8-21)15-27(18,22)28(19)16-32(25(29)31-3)12-11-20(28)14-30-2/h11-12,18-21,30,35H,4-10,13-17H2,1-3H3,(H2,29,31)(H,33,34)/t18-,19-,20-,26+,27+,28-/m1/s1. The number of guanidine groups is 1. The lowest BCUT2D eigenvalue weighted by Gasteiger charge is -2.61. The summed E-state index contributed by atoms with van der Waals surface area (Å²) < 4.78 is 6.29. The Kier molecular flexibility index (Phi) is 6.75. The molecule has 2 spiro atoms. The van der Waals surface area contributed by atoms with Crippen molar-refractivity contribution in [2.45, 2.75) is 76.4 Å². The molecule has 6 atom stereocenters. The molecule has 5 rings (SSSR count). The minimum absolute atomic E-state index is 0.0623. The van der Waals surface area contributed by atoms with Gasteiger partial charge in [-0.1, -0.05) is 32.3 Å². The molecule has 0 aromatic rings. The highest BCUT2D eigenvalue weighted by Crippen LogP contribution is 2.77. The molecular formula is C28H44N4O4. The molecule has 36 heavy (non-hydrogen) atoms. The fraction of sp³-hybridized carbons (Fsp3) is 0.786. The first-order valence-corrected chi connectivity index (χ1v) is 13.9. The molecular weight excluding hydrogens is 456 g/mol. The van der Waals surface area contributed by atoms with Crippen LogP contribution in [0.3, 0.4) is 0 Å². The van der Waals surface area contributed by atoms with E-state index in [1.54, 1.807) is 7.05 Å². The zero-order chi connectivity index (χ0) is 25.7. The summed E-state index contributed by atoms with van der Waals surface area (Å²) in [5.74, 6) is 0.259. The van der Waals surface area contributed by atoms with Crippen molar-refractivity contribution in [2.75, 3.05) is 33.8 Å². The van der Waals surface area contributed by atoms with Gasteiger partial charge in [-0.2, -0.15) is 0 Å². The lowest BCUT2D eigenvalue weighted by Crippen LogP contribution is -2.62. The lowest BCUT2D eigenvalue weighted by atomic mass is 9.46. The van der Waals surface area contributed by atoms with E-state index < -0.39 is 17.0 Å². The van der Waals surface area contributed by atoms with Crippen molar-refractivity contribution in [1.82, 2.24) is 10.2 Å². The maximum absolute atomic E-state index is 12.9. The van der Waals surface area contributed by atoms with Gasteiger partial charge in [-0.3, -0.25) is 4.99 Å². The normalized spacial score (nSPS) is 40.8. The van der Waals surface area contributed by atoms with Crippen LogP contribution in [0, 0.1) is 28.6 Å². The fourth-order valence-electron chi connectivity index (χ4n) is 9.10. The Morgan fingerprint density at radius 2 is 2.03 bits per heavy atom. The van der Waals surface area contributed by atoms with Crippen LogP contribution in [0.5, 0.6) is 0 Å². The van der Waals surface area contributed by atoms with Crippen LogP contribution < -0.4 is 11.1 Å². The maximum Gasteiger partial charge on any atom is 0.334 e. The number of allylic oxidation sites excluding steroid dienone is 1. The number of hydrogen-bond donors (Lipinski definition) is 4. The molecule has 5 aliphatic rings. The lowest BCUT2D eigenvalue weighted by molar-refractivity contribution is -0.142. The van der Waals surface area contributed by atoms with Crippen molar-refractivity contribution in [3.05, 3.63) is 23.4 Å². The van der Waals surface area contributed by atoms with Crippen LogP contribution in [0.25, 0.3) is 0 Å². The number of aliphatic carboxylic acids is 1. The zero-order valence-corrected chi connectivity index (χ0v) is 22.1. The molecule has 0 amide bonds. The van der Waals surface area contributed by atoms with Gasteiger partial charge in [-0.25, -0.2) is 4.79 Å². The first kappa shape index (κ1) is 25.7. The average molecular weight is 501 g/mol. The van der Waals surface area contributed by atoms with Crippen LogP contribution in [-0.2, 0) is 9.53 Å². The number of nitrogens with two attached hydrogens (primary N) is 1. The minimum atomic E-state index is -1.48. The summed E-state index contributed by atoms with van der Waals surface area (Å²) in [5.41, 5.74) is 5.37. The van der Waals surface area contributed by atoms with E-state index in [1.807, 2.05) is 18.1 Å². The van der Waals surface area contributed by atoms with Gasteiger partial charge >= 0.3 is 5.97 Å². The van der Waals surface area contributed by atoms with Crippen molar-refractivity contribution in [1.29, 1.82) is 0 Å². The van der Waals surface area contributed by atoms with Gasteiger partial charge < -0.3 is 30.9 Å². The minimum Gasteiger partial charge on any atom is -0.478 e. The van der Waals surface area contributed by atoms with Crippen molar-refractivity contribution in [3.8, 4) is 0 Å². The molecule has 4 aliphatic carbocycles. The summed E-state index contributed by atoms with van der Waals surface area (Å²) in [4.78, 5) is 19.2. The molecule has 0 aromatic carbocycles. The van der Waals surface area contributed by atoms with Gasteiger partial charge in [0.05, 0.1) is 18.3 Å². The molecule has 0 aromatic heterocycles. The van der Waals surface area contributed by atoms with Crippen LogP contribution in [0.4, 0.5) is 0 Å². The maximum atomic E-state index is 12.9. The topological polar surface area (TPSA) is 120 Å². The van der Waals surface area contributed by atoms with E-state index in [-0.39, 0.29) is 35.5 Å². The first-order valence-electron chi connectivity index (χ1n) is 13.9. The number of aliphatic imine (C=N–C) groups is 1. The number of rotatable bonds is 6. The van der Waals surface area contributed by atoms with Crippen molar-refractivity contribution >= 4 is 11.9 Å². The van der Waals surface area contributed by atoms with E-state index in [4.69, 9.17) is 10.5 Å². The first-order chi connectivity index (χ1) is 17.2. The van der Waals surface area contributed by atoms with Crippen molar-refractivity contribution < 1.29 is 19.7 Å². The Morgan fingerprint density at radius 1 is 1.28 bits per heavy atom. The molecule has 1 heterocycles. The average Bonchev–Trinajstić information content (AvgIpc) is 3.22. The second-order valence-corrected chi connectivity index (χ2v) is 12.0. The molecule has 0 unspecified atom stereocenters. The summed E-state index contributed by atoms with van der Waals surface area (Å²) in [6.45, 7) is 3.81. The van der Waals surface area contributed by atoms with Crippen LogP contribution in [0.1, 0.15) is 64.7 Å². The number of nitrogens with zero attached hydrogens (tertiary/aromatic N) is 2. The smallest absolute Gasteiger partial charge is 0.334 e. The second-order valence-electron chi connectivity index (χ2n) is 12.0. The second kappa shape index (κ2) is 9.44. The Labute approximate surface area is 215 Å². The number of ether oxygens (including phenoxy) is 1. The molecule has 2 bridgehead atoms. The molecule has 0 saturated heterocycles. The van der Waals surface area contributed by atoms with Gasteiger partial charge in [0.1, 0.15) is 5.60 Å². The zero-order valence-electron chi connectivity index (χ0n) is 22.1. The summed E-state index contributed by atoms with van der Waals surface area (Å²) in [5, 5.41) is 26.1. The number of nitrogens with one attached hydrogen (secondary N) is 1. The largest absolute Gasteiger partial charge is 0.478 e. The highest BCUT2D eigenvalue weighted by Gasteiger charge is 2.74. The van der Waals surface area contributed by atoms with E-state index in [0.29, 0.717) is 24.8 Å². The Bertz CT molecular complexity index is 973. The molecule has 0 radical (unpaired) electrons. The fourth-order valence-corrected chi connectivity index (χ4v) is 9.10. The predicted octanol–water partition coefficient (Wildman–Crippen LogP) is 2.88. The highest BCUT2D eigenvalue weighted by atomic mass is 16.5. The third-order valence-corrected chi connectivity index (χ3v) is 10.5. The molecule has 5 N–H and O–H groups in total. The van der Waals surface area contributed by atoms with E-state index in [1.165, 1.54) is 6.42 Å². The summed E-state index contributed by atoms with van der Waals surface area (Å²) >= 11 is 0. The summed E-state index contributed by atoms with van der Waals surface area (Å²) in [6, 6.07) is 0. The van der Waals surface area contributed by atoms with Crippen LogP contribution in [0.15, 0.2) is 28.4 Å². The van der Waals surface area contributed by atoms with Gasteiger partial charge in [0.2, 0.25) is 0 Å². The van der Waals surface area contributed by atoms with Gasteiger partial charge in [0.25, 0.3) is 0 Å². The monoisotopic (exact) mass is 500 g/mol. The number of carboxylic acids is 1. The van der Waals surface area contributed by atoms with E-state index in [0.717, 1.165) is 57.1 Å². The predicted molar refractivity (Wildman–Crippen MR) is 139 cm³/mol. The number of carboxylic acid groups (broad SMARTS) is 1. The van der Waals surface area contributed by atoms with Crippen LogP contribution in [0.2, 0.25) is 0 Å². The number of carbonyl (C=O) groups is 1. The van der Waals surface area contributed by atoms with Crippen molar-refractivity contribution in [2.24, 2.45) is 39.3 Å². The number of aliphatic hydroxyl groups is 1. The van der Waals surface area contributed by atoms with E-state index in [2.05, 4.69) is 23.3 Å². The van der Waals surface area contributed by atoms with Crippen LogP contribution in [-0.4, -0.2) is 72.5 Å². The van der Waals surface area contributed by atoms with E-state index >= 15 is 0 Å². The molecule has 3 saturated carbocycles. The van der Waals surface area contributed by atoms with Gasteiger partial charge in [-0.15, -0.1) is 0 Å². The third kappa shape index (κ3) is 3.58. The Hall–Kier alpha value is -1.90. The molecule has 8 nitrogen and oxygen atoms in total. The molecule has 200 valence electrons. The van der Waals surface area contributed by atoms with Gasteiger partial charge in [0.15, 0.2) is 5.96 Å². The molecule has 8 heteroatoms. The Balaban J connectivity index is 1.61. The quantitative estimate of drug-likeness (QED) is 0.327. The summed E-state index contributed by atoms with van der Waals surface area (Å²) in [6.07, 6.45) is 13.1. The van der Waals surface area contributed by atoms with E-state index in [9.17, 15) is 15.0 Å².